The first-order valence-corrected chi connectivity index (χ1v) is 7.93. The zero-order valence-electron chi connectivity index (χ0n) is 12.1. The summed E-state index contributed by atoms with van der Waals surface area (Å²) in [5.41, 5.74) is 16.2. The second-order valence-corrected chi connectivity index (χ2v) is 5.91. The zero-order valence-corrected chi connectivity index (χ0v) is 12.9. The molecule has 1 aliphatic heterocycles. The Hall–Kier alpha value is -1.98. The summed E-state index contributed by atoms with van der Waals surface area (Å²) in [4.78, 5) is 7.46. The second-order valence-electron chi connectivity index (χ2n) is 5.03. The van der Waals surface area contributed by atoms with Gasteiger partial charge in [-0.25, -0.2) is 4.99 Å². The van der Waals surface area contributed by atoms with E-state index in [1.807, 2.05) is 19.2 Å². The molecule has 0 saturated heterocycles. The molecule has 1 aliphatic rings. The van der Waals surface area contributed by atoms with Crippen LogP contribution in [0.3, 0.4) is 0 Å². The lowest BCUT2D eigenvalue weighted by Gasteiger charge is -2.30. The standard InChI is InChI=1S/C16H18N4S/c1-20-15(17)13-8-5-11(9-14(13)19-16(20)18)10-3-6-12(21-2)7-4-10/h3-9,15H,17H2,1-2H3,(H2,18,19). The van der Waals surface area contributed by atoms with Crippen LogP contribution in [0.1, 0.15) is 11.7 Å². The molecule has 5 heteroatoms. The van der Waals surface area contributed by atoms with Gasteiger partial charge in [-0.05, 0) is 35.6 Å². The number of aliphatic imine (C=N–C) groups is 1. The molecule has 1 heterocycles. The molecule has 0 spiro atoms. The number of guanidine groups is 1. The first kappa shape index (κ1) is 14.0. The minimum Gasteiger partial charge on any atom is -0.369 e. The lowest BCUT2D eigenvalue weighted by Crippen LogP contribution is -2.42. The van der Waals surface area contributed by atoms with E-state index in [1.165, 1.54) is 4.90 Å². The third-order valence-corrected chi connectivity index (χ3v) is 4.53. The van der Waals surface area contributed by atoms with E-state index >= 15 is 0 Å². The van der Waals surface area contributed by atoms with Gasteiger partial charge in [-0.2, -0.15) is 0 Å². The quantitative estimate of drug-likeness (QED) is 0.837. The molecule has 21 heavy (non-hydrogen) atoms. The molecular formula is C16H18N4S. The summed E-state index contributed by atoms with van der Waals surface area (Å²) < 4.78 is 0. The maximum absolute atomic E-state index is 6.17. The van der Waals surface area contributed by atoms with Crippen LogP contribution in [0.2, 0.25) is 0 Å². The summed E-state index contributed by atoms with van der Waals surface area (Å²) in [7, 11) is 1.85. The molecule has 1 atom stereocenters. The first-order chi connectivity index (χ1) is 10.1. The predicted molar refractivity (Wildman–Crippen MR) is 89.6 cm³/mol. The summed E-state index contributed by atoms with van der Waals surface area (Å²) in [5.74, 6) is 0.449. The Balaban J connectivity index is 2.02. The minimum absolute atomic E-state index is 0.245. The molecule has 0 saturated carbocycles. The third-order valence-electron chi connectivity index (χ3n) is 3.79. The summed E-state index contributed by atoms with van der Waals surface area (Å²) in [6.45, 7) is 0. The maximum Gasteiger partial charge on any atom is 0.197 e. The Kier molecular flexibility index (Phi) is 3.61. The Labute approximate surface area is 128 Å². The van der Waals surface area contributed by atoms with Gasteiger partial charge in [0.1, 0.15) is 6.17 Å². The zero-order chi connectivity index (χ0) is 15.0. The lowest BCUT2D eigenvalue weighted by molar-refractivity contribution is 0.375. The number of hydrogen-bond acceptors (Lipinski definition) is 5. The van der Waals surface area contributed by atoms with Crippen LogP contribution >= 0.6 is 11.8 Å². The van der Waals surface area contributed by atoms with Crippen molar-refractivity contribution in [2.45, 2.75) is 11.1 Å². The highest BCUT2D eigenvalue weighted by Gasteiger charge is 2.22. The van der Waals surface area contributed by atoms with E-state index < -0.39 is 0 Å². The topological polar surface area (TPSA) is 67.6 Å². The monoisotopic (exact) mass is 298 g/mol. The van der Waals surface area contributed by atoms with Gasteiger partial charge in [0.15, 0.2) is 5.96 Å². The van der Waals surface area contributed by atoms with Gasteiger partial charge in [0.05, 0.1) is 5.69 Å². The maximum atomic E-state index is 6.17. The average molecular weight is 298 g/mol. The smallest absolute Gasteiger partial charge is 0.197 e. The van der Waals surface area contributed by atoms with E-state index in [1.54, 1.807) is 16.7 Å². The second kappa shape index (κ2) is 5.42. The van der Waals surface area contributed by atoms with Crippen LogP contribution in [0.5, 0.6) is 0 Å². The average Bonchev–Trinajstić information content (AvgIpc) is 2.52. The van der Waals surface area contributed by atoms with E-state index in [2.05, 4.69) is 41.6 Å². The van der Waals surface area contributed by atoms with Crippen LogP contribution in [0.25, 0.3) is 11.1 Å². The highest BCUT2D eigenvalue weighted by atomic mass is 32.2. The van der Waals surface area contributed by atoms with Crippen LogP contribution < -0.4 is 11.5 Å². The summed E-state index contributed by atoms with van der Waals surface area (Å²) in [6, 6.07) is 14.6. The fourth-order valence-electron chi connectivity index (χ4n) is 2.41. The van der Waals surface area contributed by atoms with Crippen molar-refractivity contribution in [3.8, 4) is 11.1 Å². The number of thioether (sulfide) groups is 1. The summed E-state index contributed by atoms with van der Waals surface area (Å²) in [6.07, 6.45) is 1.83. The van der Waals surface area contributed by atoms with E-state index in [-0.39, 0.29) is 6.17 Å². The Morgan fingerprint density at radius 2 is 1.76 bits per heavy atom. The van der Waals surface area contributed by atoms with Crippen LogP contribution in [-0.2, 0) is 0 Å². The van der Waals surface area contributed by atoms with E-state index in [0.29, 0.717) is 5.96 Å². The van der Waals surface area contributed by atoms with Crippen molar-refractivity contribution < 1.29 is 0 Å². The molecule has 4 N–H and O–H groups in total. The molecule has 0 aromatic heterocycles. The van der Waals surface area contributed by atoms with E-state index in [4.69, 9.17) is 11.5 Å². The Bertz CT molecular complexity index is 694. The Morgan fingerprint density at radius 1 is 1.10 bits per heavy atom. The first-order valence-electron chi connectivity index (χ1n) is 6.71. The third kappa shape index (κ3) is 2.50. The molecule has 0 fully saturated rings. The van der Waals surface area contributed by atoms with Crippen molar-refractivity contribution in [3.63, 3.8) is 0 Å². The van der Waals surface area contributed by atoms with Crippen LogP contribution in [-0.4, -0.2) is 24.2 Å². The van der Waals surface area contributed by atoms with Gasteiger partial charge >= 0.3 is 0 Å². The number of benzene rings is 2. The molecule has 0 amide bonds. The molecule has 3 rings (SSSR count). The van der Waals surface area contributed by atoms with Gasteiger partial charge < -0.3 is 16.4 Å². The Morgan fingerprint density at radius 3 is 2.43 bits per heavy atom. The largest absolute Gasteiger partial charge is 0.369 e. The predicted octanol–water partition coefficient (Wildman–Crippen LogP) is 2.92. The lowest BCUT2D eigenvalue weighted by atomic mass is 10.0. The molecular weight excluding hydrogens is 280 g/mol. The van der Waals surface area contributed by atoms with Gasteiger partial charge in [0, 0.05) is 17.5 Å². The minimum atomic E-state index is -0.245. The van der Waals surface area contributed by atoms with E-state index in [0.717, 1.165) is 22.4 Å². The SMILES string of the molecule is CSc1ccc(-c2ccc3c(c2)N=C(N)N(C)C3N)cc1. The van der Waals surface area contributed by atoms with E-state index in [9.17, 15) is 0 Å². The van der Waals surface area contributed by atoms with Crippen molar-refractivity contribution in [2.75, 3.05) is 13.3 Å². The van der Waals surface area contributed by atoms with Gasteiger partial charge in [0.25, 0.3) is 0 Å². The number of hydrogen-bond donors (Lipinski definition) is 2. The van der Waals surface area contributed by atoms with Crippen molar-refractivity contribution in [2.24, 2.45) is 16.5 Å². The van der Waals surface area contributed by atoms with Crippen molar-refractivity contribution >= 4 is 23.4 Å². The number of nitrogens with zero attached hydrogens (tertiary/aromatic N) is 2. The number of fused-ring (bicyclic) bond motifs is 1. The van der Waals surface area contributed by atoms with Gasteiger partial charge in [-0.1, -0.05) is 24.3 Å². The van der Waals surface area contributed by atoms with Crippen molar-refractivity contribution in [1.82, 2.24) is 4.90 Å². The van der Waals surface area contributed by atoms with Crippen molar-refractivity contribution in [3.05, 3.63) is 48.0 Å². The van der Waals surface area contributed by atoms with Crippen molar-refractivity contribution in [1.29, 1.82) is 0 Å². The molecule has 108 valence electrons. The normalized spacial score (nSPS) is 17.4. The molecule has 0 radical (unpaired) electrons. The van der Waals surface area contributed by atoms with Gasteiger partial charge in [-0.3, -0.25) is 0 Å². The summed E-state index contributed by atoms with van der Waals surface area (Å²) in [5, 5.41) is 0. The number of rotatable bonds is 2. The van der Waals surface area contributed by atoms with Gasteiger partial charge in [-0.15, -0.1) is 11.8 Å². The highest BCUT2D eigenvalue weighted by molar-refractivity contribution is 7.98. The fourth-order valence-corrected chi connectivity index (χ4v) is 2.82. The summed E-state index contributed by atoms with van der Waals surface area (Å²) >= 11 is 1.74. The highest BCUT2D eigenvalue weighted by Crippen LogP contribution is 2.34. The van der Waals surface area contributed by atoms with Crippen LogP contribution in [0.4, 0.5) is 5.69 Å². The van der Waals surface area contributed by atoms with Gasteiger partial charge in [0.2, 0.25) is 0 Å². The molecule has 4 nitrogen and oxygen atoms in total. The van der Waals surface area contributed by atoms with Crippen LogP contribution in [0, 0.1) is 0 Å². The number of nitrogens with two attached hydrogens (primary N) is 2. The molecule has 0 aliphatic carbocycles. The molecule has 0 bridgehead atoms. The molecule has 1 unspecified atom stereocenters. The molecule has 2 aromatic carbocycles. The van der Waals surface area contributed by atoms with Crippen LogP contribution in [0.15, 0.2) is 52.4 Å². The fraction of sp³-hybridized carbons (Fsp3) is 0.188. The molecule has 2 aromatic rings.